The van der Waals surface area contributed by atoms with E-state index < -0.39 is 0 Å². The number of nitrogens with zero attached hydrogens (tertiary/aromatic N) is 2. The molecule has 1 N–H and O–H groups in total. The first-order valence-corrected chi connectivity index (χ1v) is 9.14. The summed E-state index contributed by atoms with van der Waals surface area (Å²) in [5.74, 6) is 0.349. The van der Waals surface area contributed by atoms with Crippen molar-refractivity contribution in [1.82, 2.24) is 9.88 Å². The molecule has 1 saturated heterocycles. The summed E-state index contributed by atoms with van der Waals surface area (Å²) in [6.45, 7) is 1.49. The number of halogens is 1. The number of urea groups is 1. The number of benzene rings is 1. The van der Waals surface area contributed by atoms with Crippen molar-refractivity contribution in [2.45, 2.75) is 31.8 Å². The maximum atomic E-state index is 13.0. The fourth-order valence-electron chi connectivity index (χ4n) is 2.92. The number of hydrogen-bond donors (Lipinski definition) is 1. The number of rotatable bonds is 7. The zero-order chi connectivity index (χ0) is 19.1. The lowest BCUT2D eigenvalue weighted by Gasteiger charge is -2.19. The second-order valence-electron chi connectivity index (χ2n) is 6.54. The van der Waals surface area contributed by atoms with Gasteiger partial charge in [-0.25, -0.2) is 14.2 Å². The van der Waals surface area contributed by atoms with E-state index >= 15 is 0 Å². The molecular formula is C20H24FN3O3. The predicted molar refractivity (Wildman–Crippen MR) is 101 cm³/mol. The monoisotopic (exact) mass is 373 g/mol. The fourth-order valence-corrected chi connectivity index (χ4v) is 2.92. The smallest absolute Gasteiger partial charge is 0.321 e. The van der Waals surface area contributed by atoms with Crippen LogP contribution in [0.5, 0.6) is 11.6 Å². The summed E-state index contributed by atoms with van der Waals surface area (Å²) >= 11 is 0. The Balaban J connectivity index is 1.54. The number of anilines is 1. The summed E-state index contributed by atoms with van der Waals surface area (Å²) in [5.41, 5.74) is 0.456. The van der Waals surface area contributed by atoms with Gasteiger partial charge in [0.05, 0.1) is 6.10 Å². The van der Waals surface area contributed by atoms with Crippen molar-refractivity contribution in [2.75, 3.05) is 25.5 Å². The van der Waals surface area contributed by atoms with E-state index in [9.17, 15) is 9.18 Å². The average molecular weight is 373 g/mol. The van der Waals surface area contributed by atoms with E-state index in [1.165, 1.54) is 24.3 Å². The lowest BCUT2D eigenvalue weighted by atomic mass is 10.1. The van der Waals surface area contributed by atoms with Gasteiger partial charge in [-0.15, -0.1) is 0 Å². The molecule has 1 aliphatic rings. The molecule has 2 aromatic rings. The number of carbonyl (C=O) groups is 1. The molecule has 0 bridgehead atoms. The van der Waals surface area contributed by atoms with Gasteiger partial charge in [-0.2, -0.15) is 0 Å². The summed E-state index contributed by atoms with van der Waals surface area (Å²) < 4.78 is 24.3. The van der Waals surface area contributed by atoms with Gasteiger partial charge in [0.15, 0.2) is 0 Å². The highest BCUT2D eigenvalue weighted by Crippen LogP contribution is 2.27. The second kappa shape index (κ2) is 9.32. The van der Waals surface area contributed by atoms with Crippen LogP contribution in [0.1, 0.15) is 25.7 Å². The summed E-state index contributed by atoms with van der Waals surface area (Å²) in [5, 5.41) is 2.81. The van der Waals surface area contributed by atoms with Crippen molar-refractivity contribution in [3.63, 3.8) is 0 Å². The SMILES string of the molecule is CN(CCC[C@H]1CCCO1)C(=O)Nc1cccnc1Oc1ccc(F)cc1. The van der Waals surface area contributed by atoms with Gasteiger partial charge in [-0.3, -0.25) is 0 Å². The van der Waals surface area contributed by atoms with Crippen molar-refractivity contribution in [3.8, 4) is 11.6 Å². The number of pyridine rings is 1. The minimum Gasteiger partial charge on any atom is -0.437 e. The summed E-state index contributed by atoms with van der Waals surface area (Å²) in [7, 11) is 1.75. The third-order valence-corrected chi connectivity index (χ3v) is 4.43. The van der Waals surface area contributed by atoms with Crippen LogP contribution >= 0.6 is 0 Å². The first-order valence-electron chi connectivity index (χ1n) is 9.14. The van der Waals surface area contributed by atoms with Crippen LogP contribution in [-0.4, -0.2) is 42.2 Å². The number of amides is 2. The minimum atomic E-state index is -0.346. The van der Waals surface area contributed by atoms with E-state index in [0.717, 1.165) is 32.3 Å². The Morgan fingerprint density at radius 3 is 2.93 bits per heavy atom. The number of nitrogens with one attached hydrogen (secondary N) is 1. The Kier molecular flexibility index (Phi) is 6.59. The van der Waals surface area contributed by atoms with Crippen molar-refractivity contribution < 1.29 is 18.7 Å². The van der Waals surface area contributed by atoms with E-state index in [1.807, 2.05) is 0 Å². The molecule has 0 aliphatic carbocycles. The van der Waals surface area contributed by atoms with Gasteiger partial charge in [-0.1, -0.05) is 0 Å². The largest absolute Gasteiger partial charge is 0.437 e. The highest BCUT2D eigenvalue weighted by atomic mass is 19.1. The fraction of sp³-hybridized carbons (Fsp3) is 0.400. The summed E-state index contributed by atoms with van der Waals surface area (Å²) in [6.07, 6.45) is 5.98. The van der Waals surface area contributed by atoms with Crippen LogP contribution in [0.15, 0.2) is 42.6 Å². The van der Waals surface area contributed by atoms with Gasteiger partial charge < -0.3 is 19.7 Å². The minimum absolute atomic E-state index is 0.237. The van der Waals surface area contributed by atoms with Crippen LogP contribution in [0.25, 0.3) is 0 Å². The van der Waals surface area contributed by atoms with E-state index in [1.54, 1.807) is 30.3 Å². The third-order valence-electron chi connectivity index (χ3n) is 4.43. The van der Waals surface area contributed by atoms with Crippen LogP contribution in [0, 0.1) is 5.82 Å². The van der Waals surface area contributed by atoms with E-state index in [-0.39, 0.29) is 17.7 Å². The highest BCUT2D eigenvalue weighted by molar-refractivity contribution is 5.90. The summed E-state index contributed by atoms with van der Waals surface area (Å²) in [4.78, 5) is 18.2. The van der Waals surface area contributed by atoms with Crippen LogP contribution in [0.2, 0.25) is 0 Å². The lowest BCUT2D eigenvalue weighted by molar-refractivity contribution is 0.101. The zero-order valence-electron chi connectivity index (χ0n) is 15.4. The van der Waals surface area contributed by atoms with E-state index in [2.05, 4.69) is 10.3 Å². The second-order valence-corrected chi connectivity index (χ2v) is 6.54. The van der Waals surface area contributed by atoms with Gasteiger partial charge in [0.2, 0.25) is 5.88 Å². The lowest BCUT2D eigenvalue weighted by Crippen LogP contribution is -2.32. The Bertz CT molecular complexity index is 748. The Labute approximate surface area is 158 Å². The Morgan fingerprint density at radius 1 is 1.37 bits per heavy atom. The van der Waals surface area contributed by atoms with Gasteiger partial charge >= 0.3 is 6.03 Å². The molecule has 3 rings (SSSR count). The van der Waals surface area contributed by atoms with Gasteiger partial charge in [0.25, 0.3) is 0 Å². The maximum Gasteiger partial charge on any atom is 0.321 e. The standard InChI is InChI=1S/C20H24FN3O3/c1-24(13-3-5-16-6-4-14-26-16)20(25)23-18-7-2-12-22-19(18)27-17-10-8-15(21)9-11-17/h2,7-12,16H,3-6,13-14H2,1H3,(H,23,25)/t16-/m0/s1. The molecule has 1 aromatic heterocycles. The Hall–Kier alpha value is -2.67. The predicted octanol–water partition coefficient (Wildman–Crippen LogP) is 4.44. The molecule has 2 amide bonds. The van der Waals surface area contributed by atoms with E-state index in [4.69, 9.17) is 9.47 Å². The third kappa shape index (κ3) is 5.65. The number of ether oxygens (including phenoxy) is 2. The first kappa shape index (κ1) is 19.1. The molecule has 144 valence electrons. The topological polar surface area (TPSA) is 63.7 Å². The molecule has 0 spiro atoms. The first-order chi connectivity index (χ1) is 13.1. The molecule has 1 aliphatic heterocycles. The molecule has 0 unspecified atom stereocenters. The van der Waals surface area contributed by atoms with Crippen molar-refractivity contribution in [2.24, 2.45) is 0 Å². The molecule has 1 atom stereocenters. The molecule has 1 fully saturated rings. The summed E-state index contributed by atoms with van der Waals surface area (Å²) in [6, 6.07) is 8.81. The quantitative estimate of drug-likeness (QED) is 0.779. The zero-order valence-corrected chi connectivity index (χ0v) is 15.4. The molecule has 7 heteroatoms. The maximum absolute atomic E-state index is 13.0. The molecule has 1 aromatic carbocycles. The molecule has 0 radical (unpaired) electrons. The van der Waals surface area contributed by atoms with Crippen LogP contribution < -0.4 is 10.1 Å². The molecular weight excluding hydrogens is 349 g/mol. The molecule has 0 saturated carbocycles. The average Bonchev–Trinajstić information content (AvgIpc) is 3.18. The number of hydrogen-bond acceptors (Lipinski definition) is 4. The number of aromatic nitrogens is 1. The van der Waals surface area contributed by atoms with Crippen molar-refractivity contribution in [1.29, 1.82) is 0 Å². The van der Waals surface area contributed by atoms with E-state index in [0.29, 0.717) is 24.1 Å². The number of carbonyl (C=O) groups excluding carboxylic acids is 1. The van der Waals surface area contributed by atoms with Gasteiger partial charge in [-0.05, 0) is 62.1 Å². The van der Waals surface area contributed by atoms with Crippen LogP contribution in [0.4, 0.5) is 14.9 Å². The molecule has 6 nitrogen and oxygen atoms in total. The van der Waals surface area contributed by atoms with Crippen LogP contribution in [-0.2, 0) is 4.74 Å². The highest BCUT2D eigenvalue weighted by Gasteiger charge is 2.17. The van der Waals surface area contributed by atoms with Crippen molar-refractivity contribution >= 4 is 11.7 Å². The van der Waals surface area contributed by atoms with Crippen LogP contribution in [0.3, 0.4) is 0 Å². The van der Waals surface area contributed by atoms with Gasteiger partial charge in [0, 0.05) is 26.4 Å². The molecule has 2 heterocycles. The van der Waals surface area contributed by atoms with Gasteiger partial charge in [0.1, 0.15) is 17.3 Å². The Morgan fingerprint density at radius 2 is 2.19 bits per heavy atom. The normalized spacial score (nSPS) is 16.1. The molecule has 27 heavy (non-hydrogen) atoms. The van der Waals surface area contributed by atoms with Crippen molar-refractivity contribution in [3.05, 3.63) is 48.4 Å².